The van der Waals surface area contributed by atoms with Crippen LogP contribution in [-0.4, -0.2) is 56.5 Å². The third kappa shape index (κ3) is 5.76. The zero-order valence-corrected chi connectivity index (χ0v) is 21.8. The van der Waals surface area contributed by atoms with Gasteiger partial charge in [0.15, 0.2) is 5.84 Å². The van der Waals surface area contributed by atoms with Gasteiger partial charge in [0.25, 0.3) is 5.91 Å². The first-order valence-electron chi connectivity index (χ1n) is 11.3. The molecule has 2 aromatic heterocycles. The minimum atomic E-state index is -1.13. The van der Waals surface area contributed by atoms with Gasteiger partial charge in [-0.3, -0.25) is 14.8 Å². The molecular formula is C26H27ClN4O6. The van der Waals surface area contributed by atoms with Gasteiger partial charge in [0, 0.05) is 24.9 Å². The first kappa shape index (κ1) is 27.7. The van der Waals surface area contributed by atoms with Crippen LogP contribution in [-0.2, 0) is 16.1 Å². The lowest BCUT2D eigenvalue weighted by Crippen LogP contribution is -2.41. The minimum absolute atomic E-state index is 0.0124. The number of rotatable bonds is 6. The second kappa shape index (κ2) is 11.0. The fourth-order valence-electron chi connectivity index (χ4n) is 3.64. The molecule has 0 fully saturated rings. The molecule has 1 aliphatic heterocycles. The number of carboxylic acids is 2. The summed E-state index contributed by atoms with van der Waals surface area (Å²) < 4.78 is 4.98. The Balaban J connectivity index is 0.000000220. The van der Waals surface area contributed by atoms with Crippen molar-refractivity contribution >= 4 is 46.2 Å². The third-order valence-corrected chi connectivity index (χ3v) is 6.34. The average molecular weight is 527 g/mol. The lowest BCUT2D eigenvalue weighted by molar-refractivity contribution is -0.124. The molecule has 3 aromatic rings. The average Bonchev–Trinajstić information content (AvgIpc) is 3.15. The number of aliphatic imine (C=N–C) groups is 1. The van der Waals surface area contributed by atoms with Gasteiger partial charge in [-0.15, -0.1) is 0 Å². The number of benzene rings is 1. The SMILES string of the molecule is COCc1cnc(C2=NC(C)(C(C)C)C(=O)N2)c(C(=O)O)c1.Cc1cnc2c(C(=O)O)c(Cl)ccc2c1. The number of aryl methyl sites for hydroxylation is 1. The molecule has 0 aliphatic carbocycles. The van der Waals surface area contributed by atoms with E-state index in [1.807, 2.05) is 26.8 Å². The number of carboxylic acid groups (broad SMARTS) is 2. The minimum Gasteiger partial charge on any atom is -0.478 e. The van der Waals surface area contributed by atoms with Gasteiger partial charge >= 0.3 is 11.9 Å². The lowest BCUT2D eigenvalue weighted by Gasteiger charge is -2.21. The Hall–Kier alpha value is -3.89. The van der Waals surface area contributed by atoms with E-state index in [-0.39, 0.29) is 46.1 Å². The number of aromatic carboxylic acids is 2. The summed E-state index contributed by atoms with van der Waals surface area (Å²) in [6.45, 7) is 7.66. The molecule has 0 spiro atoms. The van der Waals surface area contributed by atoms with Gasteiger partial charge in [-0.25, -0.2) is 14.6 Å². The predicted molar refractivity (Wildman–Crippen MR) is 138 cm³/mol. The summed E-state index contributed by atoms with van der Waals surface area (Å²) in [6.07, 6.45) is 3.15. The van der Waals surface area contributed by atoms with Crippen molar-refractivity contribution in [3.05, 3.63) is 69.6 Å². The first-order valence-corrected chi connectivity index (χ1v) is 11.7. The van der Waals surface area contributed by atoms with Gasteiger partial charge in [-0.05, 0) is 49.1 Å². The van der Waals surface area contributed by atoms with Crippen LogP contribution in [0.2, 0.25) is 5.02 Å². The summed E-state index contributed by atoms with van der Waals surface area (Å²) in [5.74, 6) is -2.26. The number of fused-ring (bicyclic) bond motifs is 1. The largest absolute Gasteiger partial charge is 0.478 e. The van der Waals surface area contributed by atoms with Crippen LogP contribution in [0.25, 0.3) is 10.9 Å². The van der Waals surface area contributed by atoms with Crippen molar-refractivity contribution in [2.75, 3.05) is 7.11 Å². The number of pyridine rings is 2. The smallest absolute Gasteiger partial charge is 0.339 e. The molecule has 37 heavy (non-hydrogen) atoms. The van der Waals surface area contributed by atoms with Crippen molar-refractivity contribution in [3.63, 3.8) is 0 Å². The van der Waals surface area contributed by atoms with Gasteiger partial charge < -0.3 is 20.3 Å². The molecule has 11 heteroatoms. The van der Waals surface area contributed by atoms with E-state index < -0.39 is 17.5 Å². The van der Waals surface area contributed by atoms with Crippen LogP contribution < -0.4 is 5.32 Å². The van der Waals surface area contributed by atoms with E-state index in [1.165, 1.54) is 19.4 Å². The van der Waals surface area contributed by atoms with Crippen LogP contribution in [0.4, 0.5) is 0 Å². The molecule has 0 bridgehead atoms. The van der Waals surface area contributed by atoms with Crippen molar-refractivity contribution in [1.82, 2.24) is 15.3 Å². The number of ether oxygens (including phenoxy) is 1. The molecule has 4 rings (SSSR count). The molecule has 0 saturated carbocycles. The fraction of sp³-hybridized carbons (Fsp3) is 0.308. The van der Waals surface area contributed by atoms with Crippen LogP contribution in [0, 0.1) is 12.8 Å². The number of nitrogens with one attached hydrogen (secondary N) is 1. The Kier molecular flexibility index (Phi) is 8.25. The van der Waals surface area contributed by atoms with Crippen LogP contribution in [0.3, 0.4) is 0 Å². The maximum absolute atomic E-state index is 12.2. The van der Waals surface area contributed by atoms with Crippen molar-refractivity contribution in [2.45, 2.75) is 39.8 Å². The highest BCUT2D eigenvalue weighted by Gasteiger charge is 2.43. The summed E-state index contributed by atoms with van der Waals surface area (Å²) in [7, 11) is 1.52. The van der Waals surface area contributed by atoms with Crippen LogP contribution in [0.5, 0.6) is 0 Å². The Morgan fingerprint density at radius 1 is 1.14 bits per heavy atom. The zero-order chi connectivity index (χ0) is 27.5. The normalized spacial score (nSPS) is 16.7. The second-order valence-electron chi connectivity index (χ2n) is 9.01. The Morgan fingerprint density at radius 3 is 2.41 bits per heavy atom. The summed E-state index contributed by atoms with van der Waals surface area (Å²) >= 11 is 5.82. The molecule has 1 aromatic carbocycles. The van der Waals surface area contributed by atoms with Gasteiger partial charge in [-0.2, -0.15) is 0 Å². The van der Waals surface area contributed by atoms with E-state index >= 15 is 0 Å². The molecule has 1 unspecified atom stereocenters. The summed E-state index contributed by atoms with van der Waals surface area (Å²) in [5.41, 5.74) is 1.35. The molecule has 1 atom stereocenters. The number of hydrogen-bond acceptors (Lipinski definition) is 7. The van der Waals surface area contributed by atoms with E-state index in [4.69, 9.17) is 21.4 Å². The zero-order valence-electron chi connectivity index (χ0n) is 21.0. The number of amides is 1. The standard InChI is InChI=1S/C15H19N3O4.C11H8ClNO2/c1-8(2)15(3)14(21)17-12(18-15)11-10(13(19)20)5-9(6-16-11)7-22-4;1-6-4-7-2-3-8(12)9(11(14)15)10(7)13-5-6/h5-6,8H,7H2,1-4H3,(H,19,20)(H,17,18,21);2-5H,1H3,(H,14,15). The summed E-state index contributed by atoms with van der Waals surface area (Å²) in [4.78, 5) is 47.2. The number of aromatic nitrogens is 2. The van der Waals surface area contributed by atoms with Crippen LogP contribution in [0.1, 0.15) is 58.3 Å². The van der Waals surface area contributed by atoms with E-state index in [1.54, 1.807) is 25.3 Å². The Bertz CT molecular complexity index is 1420. The van der Waals surface area contributed by atoms with Crippen LogP contribution >= 0.6 is 11.6 Å². The maximum Gasteiger partial charge on any atom is 0.339 e. The molecule has 0 radical (unpaired) electrons. The van der Waals surface area contributed by atoms with Gasteiger partial charge in [0.2, 0.25) is 0 Å². The number of halogens is 1. The van der Waals surface area contributed by atoms with Crippen molar-refractivity contribution in [2.24, 2.45) is 10.9 Å². The number of carbonyl (C=O) groups is 3. The van der Waals surface area contributed by atoms with E-state index in [0.717, 1.165) is 10.9 Å². The van der Waals surface area contributed by atoms with E-state index in [0.29, 0.717) is 11.1 Å². The molecule has 1 aliphatic rings. The van der Waals surface area contributed by atoms with Gasteiger partial charge in [0.1, 0.15) is 16.8 Å². The number of carbonyl (C=O) groups excluding carboxylic acids is 1. The lowest BCUT2D eigenvalue weighted by atomic mass is 9.89. The third-order valence-electron chi connectivity index (χ3n) is 6.02. The topological polar surface area (TPSA) is 151 Å². The van der Waals surface area contributed by atoms with Gasteiger partial charge in [0.05, 0.1) is 22.7 Å². The number of hydrogen-bond donors (Lipinski definition) is 3. The highest BCUT2D eigenvalue weighted by molar-refractivity contribution is 6.35. The second-order valence-corrected chi connectivity index (χ2v) is 9.41. The molecular weight excluding hydrogens is 500 g/mol. The quantitative estimate of drug-likeness (QED) is 0.434. The van der Waals surface area contributed by atoms with E-state index in [9.17, 15) is 19.5 Å². The van der Waals surface area contributed by atoms with Crippen molar-refractivity contribution < 1.29 is 29.3 Å². The summed E-state index contributed by atoms with van der Waals surface area (Å²) in [6, 6.07) is 6.71. The highest BCUT2D eigenvalue weighted by Crippen LogP contribution is 2.27. The molecule has 3 N–H and O–H groups in total. The van der Waals surface area contributed by atoms with Crippen LogP contribution in [0.15, 0.2) is 41.7 Å². The Morgan fingerprint density at radius 2 is 1.84 bits per heavy atom. The molecule has 194 valence electrons. The Labute approximate surface area is 218 Å². The molecule has 0 saturated heterocycles. The monoisotopic (exact) mass is 526 g/mol. The van der Waals surface area contributed by atoms with Gasteiger partial charge in [-0.1, -0.05) is 31.5 Å². The molecule has 10 nitrogen and oxygen atoms in total. The predicted octanol–water partition coefficient (Wildman–Crippen LogP) is 4.11. The summed E-state index contributed by atoms with van der Waals surface area (Å²) in [5, 5.41) is 22.0. The maximum atomic E-state index is 12.2. The van der Waals surface area contributed by atoms with Crippen molar-refractivity contribution in [1.29, 1.82) is 0 Å². The fourth-order valence-corrected chi connectivity index (χ4v) is 3.88. The van der Waals surface area contributed by atoms with E-state index in [2.05, 4.69) is 20.3 Å². The number of nitrogens with zero attached hydrogens (tertiary/aromatic N) is 3. The highest BCUT2D eigenvalue weighted by atomic mass is 35.5. The number of methoxy groups -OCH3 is 1. The molecule has 3 heterocycles. The van der Waals surface area contributed by atoms with Crippen molar-refractivity contribution in [3.8, 4) is 0 Å². The molecule has 1 amide bonds. The first-order chi connectivity index (χ1) is 17.4. The number of amidine groups is 1.